The van der Waals surface area contributed by atoms with Gasteiger partial charge in [0.05, 0.1) is 12.1 Å². The molecule has 6 heteroatoms. The van der Waals surface area contributed by atoms with Gasteiger partial charge in [-0.25, -0.2) is 4.98 Å². The number of carbonyl (C=O) groups excluding carboxylic acids is 1. The summed E-state index contributed by atoms with van der Waals surface area (Å²) < 4.78 is 1.91. The average molecular weight is 351 g/mol. The van der Waals surface area contributed by atoms with E-state index in [1.165, 1.54) is 6.92 Å². The van der Waals surface area contributed by atoms with Gasteiger partial charge in [-0.15, -0.1) is 0 Å². The van der Waals surface area contributed by atoms with Crippen molar-refractivity contribution >= 4 is 22.9 Å². The lowest BCUT2D eigenvalue weighted by molar-refractivity contribution is -0.136. The lowest BCUT2D eigenvalue weighted by atomic mass is 10.1. The number of benzene rings is 1. The first kappa shape index (κ1) is 17.7. The van der Waals surface area contributed by atoms with Gasteiger partial charge in [0.25, 0.3) is 0 Å². The number of hydrogen-bond acceptors (Lipinski definition) is 3. The molecule has 0 saturated heterocycles. The molecule has 0 aliphatic rings. The Morgan fingerprint density at radius 1 is 1.15 bits per heavy atom. The fourth-order valence-electron chi connectivity index (χ4n) is 3.06. The zero-order chi connectivity index (χ0) is 18.8. The lowest BCUT2D eigenvalue weighted by Crippen LogP contribution is -2.20. The molecule has 3 aromatic rings. The molecule has 134 valence electrons. The van der Waals surface area contributed by atoms with Crippen molar-refractivity contribution < 1.29 is 14.7 Å². The van der Waals surface area contributed by atoms with Gasteiger partial charge in [0.1, 0.15) is 5.65 Å². The van der Waals surface area contributed by atoms with Gasteiger partial charge in [0.2, 0.25) is 5.91 Å². The largest absolute Gasteiger partial charge is 0.481 e. The maximum absolute atomic E-state index is 11.3. The van der Waals surface area contributed by atoms with E-state index < -0.39 is 5.97 Å². The van der Waals surface area contributed by atoms with Crippen LogP contribution in [0.1, 0.15) is 29.3 Å². The summed E-state index contributed by atoms with van der Waals surface area (Å²) >= 11 is 0. The highest BCUT2D eigenvalue weighted by Gasteiger charge is 2.16. The van der Waals surface area contributed by atoms with E-state index in [-0.39, 0.29) is 12.3 Å². The Bertz CT molecular complexity index is 1000. The number of pyridine rings is 1. The highest BCUT2D eigenvalue weighted by Crippen LogP contribution is 2.27. The SMILES string of the molecule is CC(=O)NCc1cc(C)ccc1-n1cc(CC(=O)O)c2ccc(C)nc21. The molecule has 2 heterocycles. The predicted molar refractivity (Wildman–Crippen MR) is 99.4 cm³/mol. The van der Waals surface area contributed by atoms with Crippen molar-refractivity contribution in [3.05, 3.63) is 58.9 Å². The van der Waals surface area contributed by atoms with Gasteiger partial charge in [-0.1, -0.05) is 17.7 Å². The van der Waals surface area contributed by atoms with Crippen molar-refractivity contribution in [2.24, 2.45) is 0 Å². The normalized spacial score (nSPS) is 10.9. The summed E-state index contributed by atoms with van der Waals surface area (Å²) in [5.74, 6) is -0.984. The van der Waals surface area contributed by atoms with Crippen LogP contribution in [0.15, 0.2) is 36.5 Å². The number of carboxylic acids is 1. The second kappa shape index (κ2) is 7.00. The highest BCUT2D eigenvalue weighted by atomic mass is 16.4. The third-order valence-corrected chi connectivity index (χ3v) is 4.24. The molecule has 0 fully saturated rings. The molecule has 26 heavy (non-hydrogen) atoms. The van der Waals surface area contributed by atoms with Crippen molar-refractivity contribution in [1.82, 2.24) is 14.9 Å². The summed E-state index contributed by atoms with van der Waals surface area (Å²) in [5, 5.41) is 12.9. The molecule has 6 nitrogen and oxygen atoms in total. The van der Waals surface area contributed by atoms with Gasteiger partial charge in [-0.3, -0.25) is 9.59 Å². The molecule has 1 amide bonds. The third-order valence-electron chi connectivity index (χ3n) is 4.24. The minimum atomic E-state index is -0.882. The molecule has 0 aliphatic carbocycles. The molecule has 2 N–H and O–H groups in total. The Morgan fingerprint density at radius 3 is 2.62 bits per heavy atom. The first-order chi connectivity index (χ1) is 12.3. The highest BCUT2D eigenvalue weighted by molar-refractivity contribution is 5.86. The number of amides is 1. The first-order valence-corrected chi connectivity index (χ1v) is 8.39. The minimum Gasteiger partial charge on any atom is -0.481 e. The quantitative estimate of drug-likeness (QED) is 0.740. The molecule has 0 bridgehead atoms. The molecule has 2 aromatic heterocycles. The van der Waals surface area contributed by atoms with Crippen LogP contribution in [-0.4, -0.2) is 26.5 Å². The standard InChI is InChI=1S/C20H21N3O3/c1-12-4-7-18(15(8-12)10-21-14(3)24)23-11-16(9-19(25)26)17-6-5-13(2)22-20(17)23/h4-8,11H,9-10H2,1-3H3,(H,21,24)(H,25,26). The number of nitrogens with zero attached hydrogens (tertiary/aromatic N) is 2. The fraction of sp³-hybridized carbons (Fsp3) is 0.250. The third kappa shape index (κ3) is 3.59. The van der Waals surface area contributed by atoms with Crippen molar-refractivity contribution in [2.45, 2.75) is 33.7 Å². The molecule has 0 atom stereocenters. The van der Waals surface area contributed by atoms with Crippen LogP contribution < -0.4 is 5.32 Å². The summed E-state index contributed by atoms with van der Waals surface area (Å²) in [5.41, 5.74) is 5.20. The average Bonchev–Trinajstić information content (AvgIpc) is 2.90. The van der Waals surface area contributed by atoms with E-state index in [9.17, 15) is 14.7 Å². The number of carboxylic acid groups (broad SMARTS) is 1. The number of aliphatic carboxylic acids is 1. The van der Waals surface area contributed by atoms with Crippen molar-refractivity contribution in [2.75, 3.05) is 0 Å². The molecule has 1 aromatic carbocycles. The van der Waals surface area contributed by atoms with Crippen molar-refractivity contribution in [1.29, 1.82) is 0 Å². The van der Waals surface area contributed by atoms with Gasteiger partial charge in [-0.05, 0) is 43.2 Å². The van der Waals surface area contributed by atoms with Crippen molar-refractivity contribution in [3.63, 3.8) is 0 Å². The molecule has 0 spiro atoms. The second-order valence-electron chi connectivity index (χ2n) is 6.46. The number of hydrogen-bond donors (Lipinski definition) is 2. The van der Waals surface area contributed by atoms with E-state index >= 15 is 0 Å². The van der Waals surface area contributed by atoms with Gasteiger partial charge in [0, 0.05) is 30.7 Å². The Balaban J connectivity index is 2.20. The van der Waals surface area contributed by atoms with E-state index in [4.69, 9.17) is 0 Å². The zero-order valence-electron chi connectivity index (χ0n) is 15.0. The zero-order valence-corrected chi connectivity index (χ0v) is 15.0. The summed E-state index contributed by atoms with van der Waals surface area (Å²) in [6.45, 7) is 5.77. The summed E-state index contributed by atoms with van der Waals surface area (Å²) in [4.78, 5) is 27.2. The Morgan fingerprint density at radius 2 is 1.92 bits per heavy atom. The lowest BCUT2D eigenvalue weighted by Gasteiger charge is -2.13. The summed E-state index contributed by atoms with van der Waals surface area (Å²) in [6.07, 6.45) is 1.76. The predicted octanol–water partition coefficient (Wildman–Crippen LogP) is 2.91. The van der Waals surface area contributed by atoms with Crippen LogP contribution in [0.2, 0.25) is 0 Å². The van der Waals surface area contributed by atoms with Crippen LogP contribution in [0.4, 0.5) is 0 Å². The molecular formula is C20H21N3O3. The molecule has 3 rings (SSSR count). The molecule has 0 aliphatic heterocycles. The summed E-state index contributed by atoms with van der Waals surface area (Å²) in [6, 6.07) is 9.77. The molecular weight excluding hydrogens is 330 g/mol. The number of nitrogens with one attached hydrogen (secondary N) is 1. The maximum atomic E-state index is 11.3. The van der Waals surface area contributed by atoms with E-state index in [0.717, 1.165) is 27.9 Å². The van der Waals surface area contributed by atoms with Crippen LogP contribution >= 0.6 is 0 Å². The van der Waals surface area contributed by atoms with Gasteiger partial charge in [0.15, 0.2) is 0 Å². The summed E-state index contributed by atoms with van der Waals surface area (Å²) in [7, 11) is 0. The number of fused-ring (bicyclic) bond motifs is 1. The Hall–Kier alpha value is -3.15. The number of aryl methyl sites for hydroxylation is 2. The van der Waals surface area contributed by atoms with Gasteiger partial charge in [-0.2, -0.15) is 0 Å². The van der Waals surface area contributed by atoms with Gasteiger partial charge < -0.3 is 15.0 Å². The maximum Gasteiger partial charge on any atom is 0.307 e. The van der Waals surface area contributed by atoms with Crippen LogP contribution in [0.5, 0.6) is 0 Å². The molecule has 0 radical (unpaired) electrons. The fourth-order valence-corrected chi connectivity index (χ4v) is 3.06. The minimum absolute atomic E-state index is 0.0683. The Labute approximate surface area is 151 Å². The monoisotopic (exact) mass is 351 g/mol. The second-order valence-corrected chi connectivity index (χ2v) is 6.46. The number of aromatic nitrogens is 2. The van der Waals surface area contributed by atoms with E-state index in [0.29, 0.717) is 17.8 Å². The van der Waals surface area contributed by atoms with Crippen LogP contribution in [-0.2, 0) is 22.6 Å². The van der Waals surface area contributed by atoms with E-state index in [1.807, 2.05) is 54.9 Å². The molecule has 0 saturated carbocycles. The van der Waals surface area contributed by atoms with E-state index in [2.05, 4.69) is 10.3 Å². The van der Waals surface area contributed by atoms with Crippen LogP contribution in [0.25, 0.3) is 16.7 Å². The van der Waals surface area contributed by atoms with E-state index in [1.54, 1.807) is 0 Å². The topological polar surface area (TPSA) is 84.2 Å². The van der Waals surface area contributed by atoms with Crippen LogP contribution in [0, 0.1) is 13.8 Å². The van der Waals surface area contributed by atoms with Crippen LogP contribution in [0.3, 0.4) is 0 Å². The smallest absolute Gasteiger partial charge is 0.307 e. The number of rotatable bonds is 5. The Kier molecular flexibility index (Phi) is 4.75. The van der Waals surface area contributed by atoms with Gasteiger partial charge >= 0.3 is 5.97 Å². The first-order valence-electron chi connectivity index (χ1n) is 8.39. The number of carbonyl (C=O) groups is 2. The van der Waals surface area contributed by atoms with Crippen molar-refractivity contribution in [3.8, 4) is 5.69 Å². The molecule has 0 unspecified atom stereocenters.